The van der Waals surface area contributed by atoms with Crippen LogP contribution in [0.4, 0.5) is 4.79 Å². The maximum absolute atomic E-state index is 13.1. The van der Waals surface area contributed by atoms with Crippen molar-refractivity contribution < 1.29 is 24.2 Å². The van der Waals surface area contributed by atoms with Crippen molar-refractivity contribution in [2.45, 2.75) is 58.5 Å². The summed E-state index contributed by atoms with van der Waals surface area (Å²) in [5.41, 5.74) is 2.09. The first-order valence-corrected chi connectivity index (χ1v) is 13.3. The predicted octanol–water partition coefficient (Wildman–Crippen LogP) is 1.98. The van der Waals surface area contributed by atoms with Crippen LogP contribution in [0.1, 0.15) is 51.6 Å². The van der Waals surface area contributed by atoms with Gasteiger partial charge in [0.05, 0.1) is 23.7 Å². The molecule has 0 aliphatic carbocycles. The highest BCUT2D eigenvalue weighted by Crippen LogP contribution is 2.28. The summed E-state index contributed by atoms with van der Waals surface area (Å²) >= 11 is 0. The van der Waals surface area contributed by atoms with Gasteiger partial charge in [-0.3, -0.25) is 28.9 Å². The number of nitrogens with zero attached hydrogens (tertiary/aromatic N) is 4. The highest BCUT2D eigenvalue weighted by molar-refractivity contribution is 6.00. The number of imide groups is 1. The Morgan fingerprint density at radius 1 is 1.16 bits per heavy atom. The van der Waals surface area contributed by atoms with Gasteiger partial charge in [0.15, 0.2) is 0 Å². The number of nitrogens with one attached hydrogen (secondary N) is 1. The molecule has 0 bridgehead atoms. The second kappa shape index (κ2) is 11.3. The Bertz CT molecular complexity index is 1260. The van der Waals surface area contributed by atoms with E-state index < -0.39 is 18.0 Å². The van der Waals surface area contributed by atoms with Crippen molar-refractivity contribution in [3.8, 4) is 0 Å². The van der Waals surface area contributed by atoms with Gasteiger partial charge in [-0.15, -0.1) is 0 Å². The van der Waals surface area contributed by atoms with Gasteiger partial charge < -0.3 is 14.7 Å². The molecule has 208 valence electrons. The van der Waals surface area contributed by atoms with Crippen LogP contribution in [-0.2, 0) is 27.8 Å². The number of rotatable bonds is 8. The monoisotopic (exact) mass is 529 g/mol. The van der Waals surface area contributed by atoms with Crippen LogP contribution >= 0.6 is 0 Å². The fourth-order valence-electron chi connectivity index (χ4n) is 5.62. The zero-order chi connectivity index (χ0) is 27.6. The number of amides is 3. The van der Waals surface area contributed by atoms with Crippen molar-refractivity contribution in [1.82, 2.24) is 24.3 Å². The lowest BCUT2D eigenvalue weighted by molar-refractivity contribution is -0.135. The predicted molar refractivity (Wildman–Crippen MR) is 142 cm³/mol. The van der Waals surface area contributed by atoms with Crippen molar-refractivity contribution >= 4 is 28.9 Å². The van der Waals surface area contributed by atoms with E-state index in [0.717, 1.165) is 24.0 Å². The summed E-state index contributed by atoms with van der Waals surface area (Å²) < 4.78 is 9.00. The van der Waals surface area contributed by atoms with Crippen LogP contribution in [0.25, 0.3) is 11.0 Å². The van der Waals surface area contributed by atoms with Gasteiger partial charge in [-0.05, 0) is 36.3 Å². The molecule has 1 aromatic carbocycles. The van der Waals surface area contributed by atoms with Crippen LogP contribution in [0.2, 0.25) is 0 Å². The first-order chi connectivity index (χ1) is 18.0. The van der Waals surface area contributed by atoms with E-state index in [0.29, 0.717) is 51.2 Å². The topological polar surface area (TPSA) is 126 Å². The van der Waals surface area contributed by atoms with Gasteiger partial charge in [-0.1, -0.05) is 32.9 Å². The molecule has 2 aromatic rings. The number of hydrogen-bond acceptors (Lipinski definition) is 6. The van der Waals surface area contributed by atoms with E-state index in [2.05, 4.69) is 31.0 Å². The first-order valence-electron chi connectivity index (χ1n) is 13.3. The molecule has 3 heterocycles. The summed E-state index contributed by atoms with van der Waals surface area (Å²) in [6, 6.07) is 4.97. The Kier molecular flexibility index (Phi) is 8.27. The zero-order valence-electron chi connectivity index (χ0n) is 22.7. The van der Waals surface area contributed by atoms with Crippen LogP contribution in [0.3, 0.4) is 0 Å². The summed E-state index contributed by atoms with van der Waals surface area (Å²) in [6.07, 6.45) is 1.15. The number of carboxylic acid groups (broad SMARTS) is 1. The number of imidazole rings is 1. The SMILES string of the molecule is Cn1c(=O)n(C2CCC(=O)NC2=O)c2cccc(CCCOCCN3CCN(C(=O)O)C(C(C)(C)C)C3)c21. The third kappa shape index (κ3) is 5.78. The number of aromatic nitrogens is 2. The van der Waals surface area contributed by atoms with Crippen LogP contribution < -0.4 is 11.0 Å². The molecule has 11 nitrogen and oxygen atoms in total. The lowest BCUT2D eigenvalue weighted by Crippen LogP contribution is -2.59. The number of para-hydroxylation sites is 1. The highest BCUT2D eigenvalue weighted by atomic mass is 16.5. The Labute approximate surface area is 222 Å². The summed E-state index contributed by atoms with van der Waals surface area (Å²) in [5.74, 6) is -0.746. The van der Waals surface area contributed by atoms with Crippen LogP contribution in [-0.4, -0.2) is 87.4 Å². The van der Waals surface area contributed by atoms with E-state index in [1.165, 1.54) is 4.57 Å². The molecule has 38 heavy (non-hydrogen) atoms. The number of hydrogen-bond donors (Lipinski definition) is 2. The molecule has 2 atom stereocenters. The minimum absolute atomic E-state index is 0.0617. The van der Waals surface area contributed by atoms with Gasteiger partial charge >= 0.3 is 11.8 Å². The summed E-state index contributed by atoms with van der Waals surface area (Å²) in [7, 11) is 1.71. The standard InChI is InChI=1S/C27H39N5O6/c1-27(2,3)21-17-30(12-13-31(21)26(36)37)14-16-38-15-6-8-18-7-5-9-19-23(18)29(4)25(35)32(19)20-10-11-22(33)28-24(20)34/h5,7,9,20-21H,6,8,10-17H2,1-4H3,(H,36,37)(H,28,33,34). The molecular formula is C27H39N5O6. The molecule has 0 saturated carbocycles. The normalized spacial score (nSPS) is 21.2. The van der Waals surface area contributed by atoms with Gasteiger partial charge in [-0.2, -0.15) is 0 Å². The molecular weight excluding hydrogens is 490 g/mol. The first kappa shape index (κ1) is 27.8. The van der Waals surface area contributed by atoms with Gasteiger partial charge in [0.25, 0.3) is 0 Å². The van der Waals surface area contributed by atoms with E-state index in [4.69, 9.17) is 4.74 Å². The minimum Gasteiger partial charge on any atom is -0.465 e. The third-order valence-corrected chi connectivity index (χ3v) is 7.70. The smallest absolute Gasteiger partial charge is 0.407 e. The minimum atomic E-state index is -0.860. The Morgan fingerprint density at radius 3 is 2.61 bits per heavy atom. The fraction of sp³-hybridized carbons (Fsp3) is 0.630. The van der Waals surface area contributed by atoms with Crippen molar-refractivity contribution in [2.75, 3.05) is 39.4 Å². The van der Waals surface area contributed by atoms with Gasteiger partial charge in [0, 0.05) is 46.3 Å². The molecule has 2 aliphatic rings. The van der Waals surface area contributed by atoms with E-state index in [1.807, 2.05) is 18.2 Å². The molecule has 4 rings (SSSR count). The molecule has 0 radical (unpaired) electrons. The van der Waals surface area contributed by atoms with E-state index in [1.54, 1.807) is 16.5 Å². The maximum atomic E-state index is 13.1. The number of piperazine rings is 1. The molecule has 2 fully saturated rings. The van der Waals surface area contributed by atoms with Crippen molar-refractivity contribution in [1.29, 1.82) is 0 Å². The van der Waals surface area contributed by atoms with Gasteiger partial charge in [-0.25, -0.2) is 9.59 Å². The number of ether oxygens (including phenoxy) is 1. The number of fused-ring (bicyclic) bond motifs is 1. The van der Waals surface area contributed by atoms with E-state index in [-0.39, 0.29) is 29.5 Å². The number of piperidine rings is 1. The second-order valence-electron chi connectivity index (χ2n) is 11.3. The van der Waals surface area contributed by atoms with E-state index in [9.17, 15) is 24.3 Å². The summed E-state index contributed by atoms with van der Waals surface area (Å²) in [6.45, 7) is 9.99. The number of carbonyl (C=O) groups excluding carboxylic acids is 2. The highest BCUT2D eigenvalue weighted by Gasteiger charge is 2.37. The molecule has 2 saturated heterocycles. The van der Waals surface area contributed by atoms with Gasteiger partial charge in [0.1, 0.15) is 6.04 Å². The number of carbonyl (C=O) groups is 3. The van der Waals surface area contributed by atoms with E-state index >= 15 is 0 Å². The van der Waals surface area contributed by atoms with Crippen LogP contribution in [0.5, 0.6) is 0 Å². The molecule has 3 amide bonds. The molecule has 1 aromatic heterocycles. The van der Waals surface area contributed by atoms with Crippen LogP contribution in [0.15, 0.2) is 23.0 Å². The quantitative estimate of drug-likeness (QED) is 0.396. The average molecular weight is 530 g/mol. The fourth-order valence-corrected chi connectivity index (χ4v) is 5.62. The number of benzene rings is 1. The maximum Gasteiger partial charge on any atom is 0.407 e. The summed E-state index contributed by atoms with van der Waals surface area (Å²) in [4.78, 5) is 52.5. The van der Waals surface area contributed by atoms with Crippen molar-refractivity contribution in [3.05, 3.63) is 34.2 Å². The molecule has 0 spiro atoms. The lowest BCUT2D eigenvalue weighted by Gasteiger charge is -2.46. The Balaban J connectivity index is 1.32. The largest absolute Gasteiger partial charge is 0.465 e. The molecule has 2 N–H and O–H groups in total. The Hall–Kier alpha value is -3.18. The molecule has 2 aliphatic heterocycles. The molecule has 11 heteroatoms. The van der Waals surface area contributed by atoms with Crippen LogP contribution in [0, 0.1) is 5.41 Å². The molecule has 2 unspecified atom stereocenters. The van der Waals surface area contributed by atoms with Crippen molar-refractivity contribution in [3.63, 3.8) is 0 Å². The Morgan fingerprint density at radius 2 is 1.92 bits per heavy atom. The average Bonchev–Trinajstić information content (AvgIpc) is 3.11. The third-order valence-electron chi connectivity index (χ3n) is 7.70. The lowest BCUT2D eigenvalue weighted by atomic mass is 9.84. The zero-order valence-corrected chi connectivity index (χ0v) is 22.7. The van der Waals surface area contributed by atoms with Gasteiger partial charge in [0.2, 0.25) is 11.8 Å². The summed E-state index contributed by atoms with van der Waals surface area (Å²) in [5, 5.41) is 11.9. The second-order valence-corrected chi connectivity index (χ2v) is 11.3. The number of aryl methyl sites for hydroxylation is 2. The van der Waals surface area contributed by atoms with Crippen molar-refractivity contribution in [2.24, 2.45) is 12.5 Å².